The molecule has 28 heavy (non-hydrogen) atoms. The van der Waals surface area contributed by atoms with E-state index in [1.165, 1.54) is 11.8 Å². The van der Waals surface area contributed by atoms with Crippen molar-refractivity contribution in [2.45, 2.75) is 31.0 Å². The molecule has 0 aliphatic heterocycles. The first kappa shape index (κ1) is 18.6. The Balaban J connectivity index is 1.46. The van der Waals surface area contributed by atoms with E-state index in [4.69, 9.17) is 0 Å². The third-order valence-electron chi connectivity index (χ3n) is 4.89. The Bertz CT molecular complexity index is 1020. The highest BCUT2D eigenvalue weighted by molar-refractivity contribution is 7.98. The van der Waals surface area contributed by atoms with Crippen molar-refractivity contribution in [1.82, 2.24) is 14.7 Å². The van der Waals surface area contributed by atoms with E-state index in [0.29, 0.717) is 5.69 Å². The summed E-state index contributed by atoms with van der Waals surface area (Å²) in [6, 6.07) is 13.1. The van der Waals surface area contributed by atoms with Gasteiger partial charge < -0.3 is 10.6 Å². The molecule has 1 atom stereocenters. The van der Waals surface area contributed by atoms with Gasteiger partial charge in [0, 0.05) is 17.8 Å². The topological polar surface area (TPSA) is 75.5 Å². The van der Waals surface area contributed by atoms with E-state index in [1.807, 2.05) is 66.2 Å². The molecule has 1 aromatic carbocycles. The number of thioether (sulfide) groups is 1. The van der Waals surface area contributed by atoms with Crippen LogP contribution in [0.15, 0.2) is 53.8 Å². The van der Waals surface area contributed by atoms with Crippen LogP contribution in [0.25, 0.3) is 5.52 Å². The van der Waals surface area contributed by atoms with E-state index in [0.717, 1.165) is 34.8 Å². The second kappa shape index (κ2) is 7.67. The highest BCUT2D eigenvalue weighted by Gasteiger charge is 2.29. The van der Waals surface area contributed by atoms with Crippen LogP contribution in [0.5, 0.6) is 0 Å². The number of nitrogens with zero attached hydrogens (tertiary/aromatic N) is 2. The molecule has 1 aliphatic carbocycles. The Morgan fingerprint density at radius 2 is 1.93 bits per heavy atom. The van der Waals surface area contributed by atoms with E-state index in [1.54, 1.807) is 0 Å². The summed E-state index contributed by atoms with van der Waals surface area (Å²) in [5, 5.41) is 6.73. The second-order valence-corrected chi connectivity index (χ2v) is 7.76. The Morgan fingerprint density at radius 3 is 2.61 bits per heavy atom. The molecule has 2 heterocycles. The molecule has 6 nitrogen and oxygen atoms in total. The maximum absolute atomic E-state index is 12.8. The molecule has 0 spiro atoms. The molecule has 1 fully saturated rings. The molecular formula is C21H22N4O2S. The highest BCUT2D eigenvalue weighted by atomic mass is 32.2. The van der Waals surface area contributed by atoms with Crippen LogP contribution in [0.2, 0.25) is 0 Å². The van der Waals surface area contributed by atoms with Crippen LogP contribution in [-0.4, -0.2) is 27.5 Å². The SMILES string of the molecule is CSc1nc(C(=O)NC(C)c2ccc(NC(=O)C3CC3)cc2)c2ccccn12. The van der Waals surface area contributed by atoms with E-state index < -0.39 is 0 Å². The van der Waals surface area contributed by atoms with E-state index >= 15 is 0 Å². The summed E-state index contributed by atoms with van der Waals surface area (Å²) in [6.45, 7) is 1.93. The van der Waals surface area contributed by atoms with Gasteiger partial charge in [0.2, 0.25) is 5.91 Å². The van der Waals surface area contributed by atoms with Crippen molar-refractivity contribution in [3.05, 3.63) is 59.9 Å². The summed E-state index contributed by atoms with van der Waals surface area (Å²) >= 11 is 1.50. The van der Waals surface area contributed by atoms with Crippen LogP contribution in [0.4, 0.5) is 5.69 Å². The van der Waals surface area contributed by atoms with Crippen molar-refractivity contribution >= 4 is 34.8 Å². The van der Waals surface area contributed by atoms with E-state index in [2.05, 4.69) is 15.6 Å². The fourth-order valence-electron chi connectivity index (χ4n) is 3.11. The zero-order chi connectivity index (χ0) is 19.7. The molecule has 4 rings (SSSR count). The van der Waals surface area contributed by atoms with Gasteiger partial charge in [-0.25, -0.2) is 4.98 Å². The van der Waals surface area contributed by atoms with Crippen LogP contribution in [0.1, 0.15) is 41.9 Å². The Hall–Kier alpha value is -2.80. The van der Waals surface area contributed by atoms with Crippen molar-refractivity contribution in [3.8, 4) is 0 Å². The number of hydrogen-bond donors (Lipinski definition) is 2. The molecule has 0 saturated heterocycles. The number of aromatic nitrogens is 2. The number of carbonyl (C=O) groups excluding carboxylic acids is 2. The normalized spacial score (nSPS) is 14.6. The average molecular weight is 395 g/mol. The first-order chi connectivity index (χ1) is 13.6. The first-order valence-corrected chi connectivity index (χ1v) is 10.5. The molecule has 1 unspecified atom stereocenters. The predicted octanol–water partition coefficient (Wildman–Crippen LogP) is 3.90. The Labute approximate surface area is 167 Å². The van der Waals surface area contributed by atoms with Crippen LogP contribution in [0, 0.1) is 5.92 Å². The summed E-state index contributed by atoms with van der Waals surface area (Å²) in [5.74, 6) is 0.0572. The lowest BCUT2D eigenvalue weighted by Gasteiger charge is -2.14. The summed E-state index contributed by atoms with van der Waals surface area (Å²) in [4.78, 5) is 29.2. The number of imidazole rings is 1. The first-order valence-electron chi connectivity index (χ1n) is 9.29. The number of hydrogen-bond acceptors (Lipinski definition) is 4. The summed E-state index contributed by atoms with van der Waals surface area (Å²) < 4.78 is 1.92. The van der Waals surface area contributed by atoms with Crippen molar-refractivity contribution in [3.63, 3.8) is 0 Å². The second-order valence-electron chi connectivity index (χ2n) is 6.98. The minimum absolute atomic E-state index is 0.0883. The van der Waals surface area contributed by atoms with Gasteiger partial charge in [-0.3, -0.25) is 14.0 Å². The number of carbonyl (C=O) groups is 2. The molecule has 7 heteroatoms. The average Bonchev–Trinajstić information content (AvgIpc) is 3.49. The van der Waals surface area contributed by atoms with Crippen molar-refractivity contribution in [2.75, 3.05) is 11.6 Å². The van der Waals surface area contributed by atoms with E-state index in [-0.39, 0.29) is 23.8 Å². The molecule has 2 amide bonds. The lowest BCUT2D eigenvalue weighted by Crippen LogP contribution is -2.27. The van der Waals surface area contributed by atoms with Gasteiger partial charge in [-0.2, -0.15) is 0 Å². The molecule has 144 valence electrons. The van der Waals surface area contributed by atoms with Gasteiger partial charge in [-0.15, -0.1) is 0 Å². The van der Waals surface area contributed by atoms with Crippen molar-refractivity contribution < 1.29 is 9.59 Å². The Kier molecular flexibility index (Phi) is 5.09. The molecule has 1 saturated carbocycles. The fourth-order valence-corrected chi connectivity index (χ4v) is 3.65. The molecule has 2 N–H and O–H groups in total. The minimum atomic E-state index is -0.206. The maximum atomic E-state index is 12.8. The molecule has 3 aromatic rings. The minimum Gasteiger partial charge on any atom is -0.344 e. The number of benzene rings is 1. The maximum Gasteiger partial charge on any atom is 0.272 e. The summed E-state index contributed by atoms with van der Waals surface area (Å²) in [5.41, 5.74) is 2.95. The summed E-state index contributed by atoms with van der Waals surface area (Å²) in [6.07, 6.45) is 5.81. The van der Waals surface area contributed by atoms with Crippen LogP contribution >= 0.6 is 11.8 Å². The van der Waals surface area contributed by atoms with Gasteiger partial charge in [-0.05, 0) is 55.9 Å². The van der Waals surface area contributed by atoms with Crippen molar-refractivity contribution in [2.24, 2.45) is 5.92 Å². The number of anilines is 1. The lowest BCUT2D eigenvalue weighted by atomic mass is 10.1. The fraction of sp³-hybridized carbons (Fsp3) is 0.286. The zero-order valence-electron chi connectivity index (χ0n) is 15.8. The predicted molar refractivity (Wildman–Crippen MR) is 111 cm³/mol. The molecule has 2 aromatic heterocycles. The van der Waals surface area contributed by atoms with Gasteiger partial charge in [0.05, 0.1) is 11.6 Å². The van der Waals surface area contributed by atoms with E-state index in [9.17, 15) is 9.59 Å². The standard InChI is InChI=1S/C21H22N4O2S/c1-13(14-8-10-16(11-9-14)23-19(26)15-6-7-15)22-20(27)18-17-5-3-4-12-25(17)21(24-18)28-2/h3-5,8-13,15H,6-7H2,1-2H3,(H,22,27)(H,23,26). The zero-order valence-corrected chi connectivity index (χ0v) is 16.6. The van der Waals surface area contributed by atoms with Gasteiger partial charge in [0.25, 0.3) is 5.91 Å². The molecular weight excluding hydrogens is 372 g/mol. The third-order valence-corrected chi connectivity index (χ3v) is 5.54. The van der Waals surface area contributed by atoms with Gasteiger partial charge in [-0.1, -0.05) is 30.0 Å². The van der Waals surface area contributed by atoms with Crippen LogP contribution < -0.4 is 10.6 Å². The monoisotopic (exact) mass is 394 g/mol. The largest absolute Gasteiger partial charge is 0.344 e. The van der Waals surface area contributed by atoms with Crippen LogP contribution in [-0.2, 0) is 4.79 Å². The lowest BCUT2D eigenvalue weighted by molar-refractivity contribution is -0.117. The number of amides is 2. The third kappa shape index (κ3) is 3.75. The highest BCUT2D eigenvalue weighted by Crippen LogP contribution is 2.30. The van der Waals surface area contributed by atoms with Crippen molar-refractivity contribution in [1.29, 1.82) is 0 Å². The van der Waals surface area contributed by atoms with Gasteiger partial charge >= 0.3 is 0 Å². The van der Waals surface area contributed by atoms with Gasteiger partial charge in [0.1, 0.15) is 0 Å². The molecule has 0 bridgehead atoms. The number of pyridine rings is 1. The quantitative estimate of drug-likeness (QED) is 0.622. The smallest absolute Gasteiger partial charge is 0.272 e. The summed E-state index contributed by atoms with van der Waals surface area (Å²) in [7, 11) is 0. The number of rotatable bonds is 6. The molecule has 0 radical (unpaired) electrons. The van der Waals surface area contributed by atoms with Crippen LogP contribution in [0.3, 0.4) is 0 Å². The number of fused-ring (bicyclic) bond motifs is 1. The van der Waals surface area contributed by atoms with Gasteiger partial charge in [0.15, 0.2) is 10.9 Å². The number of nitrogens with one attached hydrogen (secondary N) is 2. The Morgan fingerprint density at radius 1 is 1.18 bits per heavy atom. The molecule has 1 aliphatic rings.